The fraction of sp³-hybridized carbons (Fsp3) is 0.462. The van der Waals surface area contributed by atoms with Gasteiger partial charge in [-0.2, -0.15) is 0 Å². The van der Waals surface area contributed by atoms with Gasteiger partial charge in [-0.1, -0.05) is 6.07 Å². The molecule has 2 aliphatic heterocycles. The molecule has 2 heterocycles. The van der Waals surface area contributed by atoms with Crippen LogP contribution < -0.4 is 15.2 Å². The Bertz CT molecular complexity index is 489. The summed E-state index contributed by atoms with van der Waals surface area (Å²) in [6.45, 7) is 2.83. The first-order valence-corrected chi connectivity index (χ1v) is 6.09. The standard InChI is InChI=1S/C13H16N2O3/c1-8-10(14)5-13(16)15(8)6-9-2-3-11-12(4-9)18-7-17-11/h2-4,8,10H,5-7,14H2,1H3. The summed E-state index contributed by atoms with van der Waals surface area (Å²) in [5.41, 5.74) is 6.93. The van der Waals surface area contributed by atoms with Crippen LogP contribution in [0.1, 0.15) is 18.9 Å². The second-order valence-corrected chi connectivity index (χ2v) is 4.82. The van der Waals surface area contributed by atoms with Crippen molar-refractivity contribution in [3.63, 3.8) is 0 Å². The molecule has 2 unspecified atom stereocenters. The van der Waals surface area contributed by atoms with Crippen LogP contribution >= 0.6 is 0 Å². The van der Waals surface area contributed by atoms with Crippen LogP contribution in [0.2, 0.25) is 0 Å². The molecule has 1 aromatic carbocycles. The molecule has 1 saturated heterocycles. The normalized spacial score (nSPS) is 25.9. The van der Waals surface area contributed by atoms with Gasteiger partial charge in [0.05, 0.1) is 0 Å². The van der Waals surface area contributed by atoms with Gasteiger partial charge in [-0.3, -0.25) is 4.79 Å². The van der Waals surface area contributed by atoms with Crippen molar-refractivity contribution in [3.05, 3.63) is 23.8 Å². The first kappa shape index (κ1) is 11.3. The van der Waals surface area contributed by atoms with E-state index in [1.807, 2.05) is 30.0 Å². The average Bonchev–Trinajstić information content (AvgIpc) is 2.89. The van der Waals surface area contributed by atoms with Gasteiger partial charge in [-0.25, -0.2) is 0 Å². The van der Waals surface area contributed by atoms with E-state index >= 15 is 0 Å². The van der Waals surface area contributed by atoms with E-state index in [-0.39, 0.29) is 24.8 Å². The minimum Gasteiger partial charge on any atom is -0.454 e. The highest BCUT2D eigenvalue weighted by atomic mass is 16.7. The van der Waals surface area contributed by atoms with Crippen LogP contribution in [-0.2, 0) is 11.3 Å². The number of benzene rings is 1. The smallest absolute Gasteiger partial charge is 0.231 e. The Morgan fingerprint density at radius 1 is 1.39 bits per heavy atom. The van der Waals surface area contributed by atoms with Crippen molar-refractivity contribution in [2.45, 2.75) is 32.0 Å². The van der Waals surface area contributed by atoms with Crippen molar-refractivity contribution < 1.29 is 14.3 Å². The Kier molecular flexibility index (Phi) is 2.63. The summed E-state index contributed by atoms with van der Waals surface area (Å²) in [6.07, 6.45) is 0.436. The molecule has 2 N–H and O–H groups in total. The molecule has 0 saturated carbocycles. The van der Waals surface area contributed by atoms with E-state index in [9.17, 15) is 4.79 Å². The van der Waals surface area contributed by atoms with Crippen LogP contribution in [-0.4, -0.2) is 29.7 Å². The van der Waals surface area contributed by atoms with Crippen molar-refractivity contribution in [2.75, 3.05) is 6.79 Å². The maximum Gasteiger partial charge on any atom is 0.231 e. The molecule has 5 heteroatoms. The quantitative estimate of drug-likeness (QED) is 0.843. The Morgan fingerprint density at radius 2 is 2.17 bits per heavy atom. The number of ether oxygens (including phenoxy) is 2. The van der Waals surface area contributed by atoms with Crippen LogP contribution in [0.25, 0.3) is 0 Å². The van der Waals surface area contributed by atoms with Crippen LogP contribution in [0.5, 0.6) is 11.5 Å². The van der Waals surface area contributed by atoms with Gasteiger partial charge in [0.25, 0.3) is 0 Å². The lowest BCUT2D eigenvalue weighted by atomic mass is 10.1. The zero-order valence-corrected chi connectivity index (χ0v) is 10.3. The molecule has 2 atom stereocenters. The molecule has 0 spiro atoms. The van der Waals surface area contributed by atoms with Crippen LogP contribution in [0, 0.1) is 0 Å². The minimum absolute atomic E-state index is 0.0634. The third-order valence-electron chi connectivity index (χ3n) is 3.63. The van der Waals surface area contributed by atoms with Gasteiger partial charge in [0.1, 0.15) is 0 Å². The number of carbonyl (C=O) groups excluding carboxylic acids is 1. The topological polar surface area (TPSA) is 64.8 Å². The van der Waals surface area contributed by atoms with Crippen LogP contribution in [0.3, 0.4) is 0 Å². The zero-order valence-electron chi connectivity index (χ0n) is 10.3. The summed E-state index contributed by atoms with van der Waals surface area (Å²) in [7, 11) is 0. The summed E-state index contributed by atoms with van der Waals surface area (Å²) >= 11 is 0. The molecule has 2 aliphatic rings. The van der Waals surface area contributed by atoms with E-state index in [1.165, 1.54) is 0 Å². The first-order chi connectivity index (χ1) is 8.65. The highest BCUT2D eigenvalue weighted by Gasteiger charge is 2.34. The molecule has 18 heavy (non-hydrogen) atoms. The number of rotatable bonds is 2. The van der Waals surface area contributed by atoms with Crippen molar-refractivity contribution in [2.24, 2.45) is 5.73 Å². The second-order valence-electron chi connectivity index (χ2n) is 4.82. The largest absolute Gasteiger partial charge is 0.454 e. The van der Waals surface area contributed by atoms with Gasteiger partial charge in [-0.15, -0.1) is 0 Å². The Hall–Kier alpha value is -1.75. The van der Waals surface area contributed by atoms with Crippen molar-refractivity contribution in [1.29, 1.82) is 0 Å². The van der Waals surface area contributed by atoms with E-state index in [2.05, 4.69) is 0 Å². The molecular weight excluding hydrogens is 232 g/mol. The number of nitrogens with two attached hydrogens (primary N) is 1. The van der Waals surface area contributed by atoms with Crippen molar-refractivity contribution in [1.82, 2.24) is 4.90 Å². The molecular formula is C13H16N2O3. The highest BCUT2D eigenvalue weighted by Crippen LogP contribution is 2.33. The van der Waals surface area contributed by atoms with E-state index in [0.29, 0.717) is 13.0 Å². The Balaban J connectivity index is 1.79. The molecule has 0 aliphatic carbocycles. The summed E-state index contributed by atoms with van der Waals surface area (Å²) in [5, 5.41) is 0. The maximum atomic E-state index is 11.8. The van der Waals surface area contributed by atoms with E-state index < -0.39 is 0 Å². The van der Waals surface area contributed by atoms with Gasteiger partial charge in [0.2, 0.25) is 12.7 Å². The third kappa shape index (κ3) is 1.80. The van der Waals surface area contributed by atoms with Crippen molar-refractivity contribution >= 4 is 5.91 Å². The molecule has 0 aromatic heterocycles. The first-order valence-electron chi connectivity index (χ1n) is 6.09. The summed E-state index contributed by atoms with van der Waals surface area (Å²) in [5.74, 6) is 1.63. The van der Waals surface area contributed by atoms with Crippen molar-refractivity contribution in [3.8, 4) is 11.5 Å². The number of amides is 1. The number of hydrogen-bond acceptors (Lipinski definition) is 4. The lowest BCUT2D eigenvalue weighted by Crippen LogP contribution is -2.37. The monoisotopic (exact) mass is 248 g/mol. The molecule has 5 nitrogen and oxygen atoms in total. The summed E-state index contributed by atoms with van der Waals surface area (Å²) in [6, 6.07) is 5.78. The molecule has 96 valence electrons. The minimum atomic E-state index is -0.0634. The number of nitrogens with zero attached hydrogens (tertiary/aromatic N) is 1. The molecule has 0 radical (unpaired) electrons. The number of hydrogen-bond donors (Lipinski definition) is 1. The van der Waals surface area contributed by atoms with Gasteiger partial charge >= 0.3 is 0 Å². The van der Waals surface area contributed by atoms with Gasteiger partial charge in [-0.05, 0) is 24.6 Å². The molecule has 1 aromatic rings. The van der Waals surface area contributed by atoms with Crippen LogP contribution in [0.15, 0.2) is 18.2 Å². The maximum absolute atomic E-state index is 11.8. The molecule has 0 bridgehead atoms. The van der Waals surface area contributed by atoms with Gasteiger partial charge in [0.15, 0.2) is 11.5 Å². The molecule has 1 fully saturated rings. The lowest BCUT2D eigenvalue weighted by molar-refractivity contribution is -0.129. The second kappa shape index (κ2) is 4.17. The SMILES string of the molecule is CC1C(N)CC(=O)N1Cc1ccc2c(c1)OCO2. The molecule has 1 amide bonds. The number of fused-ring (bicyclic) bond motifs is 1. The van der Waals surface area contributed by atoms with E-state index in [1.54, 1.807) is 0 Å². The van der Waals surface area contributed by atoms with E-state index in [4.69, 9.17) is 15.2 Å². The fourth-order valence-electron chi connectivity index (χ4n) is 2.42. The summed E-state index contributed by atoms with van der Waals surface area (Å²) < 4.78 is 10.6. The fourth-order valence-corrected chi connectivity index (χ4v) is 2.42. The third-order valence-corrected chi connectivity index (χ3v) is 3.63. The molecule has 3 rings (SSSR count). The summed E-state index contributed by atoms with van der Waals surface area (Å²) in [4.78, 5) is 13.6. The Morgan fingerprint density at radius 3 is 2.89 bits per heavy atom. The predicted octanol–water partition coefficient (Wildman–Crippen LogP) is 0.863. The van der Waals surface area contributed by atoms with Gasteiger partial charge in [0, 0.05) is 25.0 Å². The van der Waals surface area contributed by atoms with Gasteiger partial charge < -0.3 is 20.1 Å². The predicted molar refractivity (Wildman–Crippen MR) is 65.2 cm³/mol. The lowest BCUT2D eigenvalue weighted by Gasteiger charge is -2.23. The number of likely N-dealkylation sites (tertiary alicyclic amines) is 1. The Labute approximate surface area is 105 Å². The highest BCUT2D eigenvalue weighted by molar-refractivity contribution is 5.80. The number of carbonyl (C=O) groups is 1. The zero-order chi connectivity index (χ0) is 12.7. The van der Waals surface area contributed by atoms with Crippen LogP contribution in [0.4, 0.5) is 0 Å². The van der Waals surface area contributed by atoms with E-state index in [0.717, 1.165) is 17.1 Å². The average molecular weight is 248 g/mol.